The Labute approximate surface area is 84.2 Å². The van der Waals surface area contributed by atoms with E-state index in [1.54, 1.807) is 6.26 Å². The van der Waals surface area contributed by atoms with Gasteiger partial charge in [0.2, 0.25) is 0 Å². The van der Waals surface area contributed by atoms with Crippen molar-refractivity contribution in [2.45, 2.75) is 18.3 Å². The van der Waals surface area contributed by atoms with Crippen molar-refractivity contribution in [3.05, 3.63) is 22.6 Å². The van der Waals surface area contributed by atoms with Crippen molar-refractivity contribution in [2.24, 2.45) is 0 Å². The highest BCUT2D eigenvalue weighted by molar-refractivity contribution is 9.10. The maximum atomic E-state index is 5.37. The third kappa shape index (κ3) is 1.56. The average Bonchev–Trinajstić information content (AvgIpc) is 2.58. The van der Waals surface area contributed by atoms with Crippen LogP contribution < -0.4 is 5.32 Å². The maximum absolute atomic E-state index is 5.37. The van der Waals surface area contributed by atoms with E-state index >= 15 is 0 Å². The van der Waals surface area contributed by atoms with Crippen LogP contribution in [0.25, 0.3) is 0 Å². The van der Waals surface area contributed by atoms with Gasteiger partial charge in [-0.15, -0.1) is 11.8 Å². The summed E-state index contributed by atoms with van der Waals surface area (Å²) in [5, 5.41) is 3.76. The lowest BCUT2D eigenvalue weighted by Crippen LogP contribution is -2.21. The predicted molar refractivity (Wildman–Crippen MR) is 54.2 cm³/mol. The molecule has 2 rings (SSSR count). The van der Waals surface area contributed by atoms with Crippen LogP contribution >= 0.6 is 27.7 Å². The number of nitrogens with one attached hydrogen (secondary N) is 1. The fraction of sp³-hybridized carbons (Fsp3) is 0.500. The van der Waals surface area contributed by atoms with Crippen LogP contribution in [0.1, 0.15) is 18.1 Å². The number of thioether (sulfide) groups is 1. The van der Waals surface area contributed by atoms with Gasteiger partial charge in [0, 0.05) is 11.8 Å². The van der Waals surface area contributed by atoms with Crippen molar-refractivity contribution < 1.29 is 4.42 Å². The number of hydrogen-bond donors (Lipinski definition) is 1. The molecule has 1 aliphatic rings. The second-order valence-electron chi connectivity index (χ2n) is 2.91. The van der Waals surface area contributed by atoms with Crippen molar-refractivity contribution in [3.63, 3.8) is 0 Å². The first-order valence-electron chi connectivity index (χ1n) is 3.88. The molecule has 1 aromatic rings. The molecule has 1 fully saturated rings. The van der Waals surface area contributed by atoms with Crippen LogP contribution in [0.5, 0.6) is 0 Å². The van der Waals surface area contributed by atoms with Crippen LogP contribution in [0.3, 0.4) is 0 Å². The molecule has 66 valence electrons. The van der Waals surface area contributed by atoms with Gasteiger partial charge in [-0.25, -0.2) is 0 Å². The van der Waals surface area contributed by atoms with Gasteiger partial charge in [-0.05, 0) is 28.9 Å². The van der Waals surface area contributed by atoms with Crippen molar-refractivity contribution in [1.82, 2.24) is 5.32 Å². The Hall–Kier alpha value is 0.0700. The van der Waals surface area contributed by atoms with Crippen LogP contribution in [-0.4, -0.2) is 11.8 Å². The molecule has 4 heteroatoms. The third-order valence-electron chi connectivity index (χ3n) is 1.83. The topological polar surface area (TPSA) is 25.2 Å². The first-order valence-corrected chi connectivity index (χ1v) is 5.72. The highest BCUT2D eigenvalue weighted by Gasteiger charge is 2.26. The molecular formula is C8H10BrNOS. The molecule has 0 amide bonds. The van der Waals surface area contributed by atoms with Crippen molar-refractivity contribution in [3.8, 4) is 0 Å². The molecule has 0 radical (unpaired) electrons. The molecule has 0 aromatic carbocycles. The number of halogens is 1. The second-order valence-corrected chi connectivity index (χ2v) is 4.91. The number of rotatable bonds is 1. The Kier molecular flexibility index (Phi) is 2.48. The first kappa shape index (κ1) is 8.66. The van der Waals surface area contributed by atoms with Crippen molar-refractivity contribution >= 4 is 27.7 Å². The van der Waals surface area contributed by atoms with Gasteiger partial charge in [0.15, 0.2) is 0 Å². The molecule has 0 saturated carbocycles. The standard InChI is InChI=1S/C8H10BrNOS/c1-5-4-12-8(10-5)7-6(9)2-3-11-7/h2-3,5,8,10H,4H2,1H3. The van der Waals surface area contributed by atoms with Crippen LogP contribution in [0.2, 0.25) is 0 Å². The highest BCUT2D eigenvalue weighted by atomic mass is 79.9. The van der Waals surface area contributed by atoms with Crippen LogP contribution in [0.15, 0.2) is 21.2 Å². The lowest BCUT2D eigenvalue weighted by atomic mass is 10.3. The van der Waals surface area contributed by atoms with Gasteiger partial charge in [-0.3, -0.25) is 5.32 Å². The van der Waals surface area contributed by atoms with E-state index in [0.717, 1.165) is 16.0 Å². The van der Waals surface area contributed by atoms with E-state index in [1.165, 1.54) is 0 Å². The van der Waals surface area contributed by atoms with E-state index in [0.29, 0.717) is 11.4 Å². The molecule has 1 N–H and O–H groups in total. The van der Waals surface area contributed by atoms with E-state index in [2.05, 4.69) is 28.2 Å². The molecule has 12 heavy (non-hydrogen) atoms. The molecule has 1 saturated heterocycles. The summed E-state index contributed by atoms with van der Waals surface area (Å²) in [6, 6.07) is 2.51. The van der Waals surface area contributed by atoms with Gasteiger partial charge in [0.05, 0.1) is 10.7 Å². The summed E-state index contributed by atoms with van der Waals surface area (Å²) in [5.41, 5.74) is 0. The van der Waals surface area contributed by atoms with Crippen LogP contribution in [0.4, 0.5) is 0 Å². The molecular weight excluding hydrogens is 238 g/mol. The molecule has 0 aliphatic carbocycles. The Morgan fingerprint density at radius 3 is 3.08 bits per heavy atom. The smallest absolute Gasteiger partial charge is 0.145 e. The number of furan rings is 1. The summed E-state index contributed by atoms with van der Waals surface area (Å²) in [6.07, 6.45) is 1.71. The minimum Gasteiger partial charge on any atom is -0.466 e. The summed E-state index contributed by atoms with van der Waals surface area (Å²) in [5.74, 6) is 2.15. The van der Waals surface area contributed by atoms with Gasteiger partial charge in [0.1, 0.15) is 11.1 Å². The van der Waals surface area contributed by atoms with Gasteiger partial charge >= 0.3 is 0 Å². The van der Waals surface area contributed by atoms with Gasteiger partial charge in [0.25, 0.3) is 0 Å². The third-order valence-corrected chi connectivity index (χ3v) is 3.86. The second kappa shape index (κ2) is 3.44. The molecule has 2 heterocycles. The Morgan fingerprint density at radius 2 is 2.58 bits per heavy atom. The monoisotopic (exact) mass is 247 g/mol. The van der Waals surface area contributed by atoms with E-state index in [9.17, 15) is 0 Å². The zero-order chi connectivity index (χ0) is 8.55. The van der Waals surface area contributed by atoms with Crippen molar-refractivity contribution in [2.75, 3.05) is 5.75 Å². The SMILES string of the molecule is CC1CSC(c2occc2Br)N1. The molecule has 0 spiro atoms. The summed E-state index contributed by atoms with van der Waals surface area (Å²) < 4.78 is 6.42. The quantitative estimate of drug-likeness (QED) is 0.827. The minimum absolute atomic E-state index is 0.323. The summed E-state index contributed by atoms with van der Waals surface area (Å²) >= 11 is 5.34. The fourth-order valence-electron chi connectivity index (χ4n) is 1.24. The Balaban J connectivity index is 2.16. The fourth-order valence-corrected chi connectivity index (χ4v) is 3.06. The summed E-state index contributed by atoms with van der Waals surface area (Å²) in [4.78, 5) is 0. The normalized spacial score (nSPS) is 29.5. The molecule has 0 bridgehead atoms. The molecule has 1 aromatic heterocycles. The molecule has 1 aliphatic heterocycles. The summed E-state index contributed by atoms with van der Waals surface area (Å²) in [6.45, 7) is 2.18. The minimum atomic E-state index is 0.323. The van der Waals surface area contributed by atoms with Gasteiger partial charge < -0.3 is 4.42 Å². The summed E-state index contributed by atoms with van der Waals surface area (Å²) in [7, 11) is 0. The molecule has 2 atom stereocenters. The largest absolute Gasteiger partial charge is 0.466 e. The first-order chi connectivity index (χ1) is 5.77. The number of hydrogen-bond acceptors (Lipinski definition) is 3. The predicted octanol–water partition coefficient (Wildman–Crippen LogP) is 2.77. The van der Waals surface area contributed by atoms with E-state index in [1.807, 2.05) is 17.8 Å². The molecule has 2 nitrogen and oxygen atoms in total. The Bertz CT molecular complexity index is 276. The highest BCUT2D eigenvalue weighted by Crippen LogP contribution is 2.36. The average molecular weight is 248 g/mol. The van der Waals surface area contributed by atoms with Crippen LogP contribution in [-0.2, 0) is 0 Å². The lowest BCUT2D eigenvalue weighted by Gasteiger charge is -2.07. The lowest BCUT2D eigenvalue weighted by molar-refractivity contribution is 0.469. The zero-order valence-corrected chi connectivity index (χ0v) is 9.11. The van der Waals surface area contributed by atoms with Crippen LogP contribution in [0, 0.1) is 0 Å². The zero-order valence-electron chi connectivity index (χ0n) is 6.71. The van der Waals surface area contributed by atoms with Gasteiger partial charge in [-0.2, -0.15) is 0 Å². The van der Waals surface area contributed by atoms with E-state index < -0.39 is 0 Å². The van der Waals surface area contributed by atoms with E-state index in [4.69, 9.17) is 4.42 Å². The maximum Gasteiger partial charge on any atom is 0.145 e. The Morgan fingerprint density at radius 1 is 1.75 bits per heavy atom. The van der Waals surface area contributed by atoms with E-state index in [-0.39, 0.29) is 0 Å². The van der Waals surface area contributed by atoms with Crippen molar-refractivity contribution in [1.29, 1.82) is 0 Å². The molecule has 2 unspecified atom stereocenters. The van der Waals surface area contributed by atoms with Gasteiger partial charge in [-0.1, -0.05) is 0 Å².